The van der Waals surface area contributed by atoms with Gasteiger partial charge in [-0.25, -0.2) is 4.98 Å². The average molecular weight is 177 g/mol. The van der Waals surface area contributed by atoms with E-state index in [-0.39, 0.29) is 0 Å². The fraction of sp³-hybridized carbons (Fsp3) is 0.125. The molecule has 12 heavy (non-hydrogen) atoms. The highest BCUT2D eigenvalue weighted by Crippen LogP contribution is 2.12. The van der Waals surface area contributed by atoms with Crippen molar-refractivity contribution in [2.24, 2.45) is 0 Å². The molecule has 0 bridgehead atoms. The van der Waals surface area contributed by atoms with Crippen LogP contribution in [-0.2, 0) is 0 Å². The topological polar surface area (TPSA) is 30.7 Å². The molecule has 3 nitrogen and oxygen atoms in total. The summed E-state index contributed by atoms with van der Waals surface area (Å²) in [7, 11) is 1.07. The average Bonchev–Trinajstić information content (AvgIpc) is 2.54. The van der Waals surface area contributed by atoms with Crippen LogP contribution in [0.2, 0.25) is 0 Å². The molecule has 0 saturated carbocycles. The Labute approximate surface area is 72.2 Å². The summed E-state index contributed by atoms with van der Waals surface area (Å²) < 4.78 is 1.86. The van der Waals surface area contributed by atoms with Gasteiger partial charge in [0.25, 0.3) is 0 Å². The number of aryl methyl sites for hydroxylation is 1. The van der Waals surface area contributed by atoms with Gasteiger partial charge in [0.1, 0.15) is 0 Å². The number of hydrogen-bond donors (Lipinski definition) is 0. The van der Waals surface area contributed by atoms with Crippen LogP contribution in [0.5, 0.6) is 0 Å². The molecular formula is C8H8N3P. The zero-order valence-corrected chi connectivity index (χ0v) is 7.57. The quantitative estimate of drug-likeness (QED) is 0.668. The minimum absolute atomic E-state index is 0.896. The van der Waals surface area contributed by atoms with Crippen LogP contribution in [0.4, 0.5) is 0 Å². The molecule has 0 unspecified atom stereocenters. The maximum absolute atomic E-state index is 4.28. The third-order valence-corrected chi connectivity index (χ3v) is 2.46. The fourth-order valence-electron chi connectivity index (χ4n) is 0.922. The highest BCUT2D eigenvalue weighted by molar-refractivity contribution is 7.25. The summed E-state index contributed by atoms with van der Waals surface area (Å²) in [6.07, 6.45) is 1.77. The van der Waals surface area contributed by atoms with E-state index >= 15 is 0 Å². The van der Waals surface area contributed by atoms with Crippen molar-refractivity contribution in [3.05, 3.63) is 35.9 Å². The maximum Gasteiger partial charge on any atom is 0.157 e. The Bertz CT molecular complexity index is 369. The first-order chi connectivity index (χ1) is 5.86. The molecule has 2 heterocycles. The molecule has 4 heteroatoms. The van der Waals surface area contributed by atoms with Crippen LogP contribution >= 0.6 is 8.35 Å². The number of rotatable bonds is 1. The van der Waals surface area contributed by atoms with E-state index < -0.39 is 0 Å². The van der Waals surface area contributed by atoms with Crippen molar-refractivity contribution in [3.8, 4) is 5.82 Å². The predicted molar refractivity (Wildman–Crippen MR) is 48.6 cm³/mol. The van der Waals surface area contributed by atoms with Crippen LogP contribution in [0.15, 0.2) is 30.2 Å². The van der Waals surface area contributed by atoms with Gasteiger partial charge in [0.2, 0.25) is 0 Å². The Hall–Kier alpha value is -1.21. The highest BCUT2D eigenvalue weighted by atomic mass is 31.0. The van der Waals surface area contributed by atoms with Gasteiger partial charge in [-0.2, -0.15) is 9.54 Å². The first-order valence-electron chi connectivity index (χ1n) is 3.66. The Morgan fingerprint density at radius 2 is 2.33 bits per heavy atom. The molecule has 0 amide bonds. The Morgan fingerprint density at radius 3 is 2.92 bits per heavy atom. The van der Waals surface area contributed by atoms with Crippen molar-refractivity contribution in [1.29, 1.82) is 0 Å². The molecule has 2 aromatic rings. The van der Waals surface area contributed by atoms with Crippen molar-refractivity contribution in [1.82, 2.24) is 14.5 Å². The van der Waals surface area contributed by atoms with E-state index in [1.165, 1.54) is 0 Å². The second-order valence-corrected chi connectivity index (χ2v) is 3.33. The third-order valence-electron chi connectivity index (χ3n) is 1.46. The lowest BCUT2D eigenvalue weighted by Crippen LogP contribution is -1.94. The maximum atomic E-state index is 4.28. The third kappa shape index (κ3) is 1.36. The molecule has 0 aliphatic rings. The smallest absolute Gasteiger partial charge is 0.157 e. The Kier molecular flexibility index (Phi) is 1.88. The SMILES string of the molecule is Cc1cpn(-c2ccccn2)n1. The molecule has 0 fully saturated rings. The molecule has 0 aliphatic carbocycles. The van der Waals surface area contributed by atoms with E-state index in [0.29, 0.717) is 0 Å². The molecule has 0 spiro atoms. The fourth-order valence-corrected chi connectivity index (χ4v) is 1.68. The van der Waals surface area contributed by atoms with Crippen molar-refractivity contribution >= 4 is 8.35 Å². The summed E-state index contributed by atoms with van der Waals surface area (Å²) in [5.74, 6) is 2.95. The minimum Gasteiger partial charge on any atom is -0.237 e. The van der Waals surface area contributed by atoms with Crippen LogP contribution in [0, 0.1) is 6.92 Å². The summed E-state index contributed by atoms with van der Waals surface area (Å²) in [6.45, 7) is 1.98. The molecule has 2 rings (SSSR count). The van der Waals surface area contributed by atoms with E-state index in [4.69, 9.17) is 0 Å². The number of nitrogens with zero attached hydrogens (tertiary/aromatic N) is 3. The van der Waals surface area contributed by atoms with Gasteiger partial charge in [-0.1, -0.05) is 6.07 Å². The lowest BCUT2D eigenvalue weighted by atomic mass is 10.5. The number of aromatic nitrogens is 3. The zero-order valence-electron chi connectivity index (χ0n) is 6.68. The van der Waals surface area contributed by atoms with Crippen LogP contribution in [0.25, 0.3) is 5.82 Å². The second kappa shape index (κ2) is 3.03. The lowest BCUT2D eigenvalue weighted by molar-refractivity contribution is 0.894. The van der Waals surface area contributed by atoms with E-state index in [1.807, 2.05) is 29.6 Å². The first kappa shape index (κ1) is 7.44. The van der Waals surface area contributed by atoms with Gasteiger partial charge in [-0.3, -0.25) is 0 Å². The molecule has 0 aliphatic heterocycles. The first-order valence-corrected chi connectivity index (χ1v) is 4.58. The molecule has 0 atom stereocenters. The predicted octanol–water partition coefficient (Wildman–Crippen LogP) is 2.16. The van der Waals surface area contributed by atoms with Gasteiger partial charge in [0.15, 0.2) is 5.82 Å². The molecule has 0 aromatic carbocycles. The van der Waals surface area contributed by atoms with E-state index in [2.05, 4.69) is 15.9 Å². The Morgan fingerprint density at radius 1 is 1.42 bits per heavy atom. The summed E-state index contributed by atoms with van der Waals surface area (Å²) in [5.41, 5.74) is 1.04. The highest BCUT2D eigenvalue weighted by Gasteiger charge is 1.97. The van der Waals surface area contributed by atoms with E-state index in [1.54, 1.807) is 6.20 Å². The minimum atomic E-state index is 0.896. The second-order valence-electron chi connectivity index (χ2n) is 2.46. The molecule has 60 valence electrons. The van der Waals surface area contributed by atoms with Crippen LogP contribution in [0.3, 0.4) is 0 Å². The normalized spacial score (nSPS) is 10.8. The van der Waals surface area contributed by atoms with Gasteiger partial charge in [-0.05, 0) is 19.1 Å². The largest absolute Gasteiger partial charge is 0.237 e. The van der Waals surface area contributed by atoms with Crippen LogP contribution in [0.1, 0.15) is 5.69 Å². The summed E-state index contributed by atoms with van der Waals surface area (Å²) in [5, 5.41) is 4.28. The van der Waals surface area contributed by atoms with Crippen molar-refractivity contribution in [3.63, 3.8) is 0 Å². The van der Waals surface area contributed by atoms with Crippen molar-refractivity contribution in [2.75, 3.05) is 0 Å². The van der Waals surface area contributed by atoms with Crippen molar-refractivity contribution < 1.29 is 0 Å². The van der Waals surface area contributed by atoms with Gasteiger partial charge in [0.05, 0.1) is 5.69 Å². The summed E-state index contributed by atoms with van der Waals surface area (Å²) in [6, 6.07) is 5.81. The van der Waals surface area contributed by atoms with Gasteiger partial charge < -0.3 is 0 Å². The lowest BCUT2D eigenvalue weighted by Gasteiger charge is -1.96. The van der Waals surface area contributed by atoms with Gasteiger partial charge >= 0.3 is 0 Å². The van der Waals surface area contributed by atoms with Crippen LogP contribution in [-0.4, -0.2) is 14.5 Å². The molecule has 0 N–H and O–H groups in total. The van der Waals surface area contributed by atoms with Gasteiger partial charge in [0, 0.05) is 20.3 Å². The summed E-state index contributed by atoms with van der Waals surface area (Å²) >= 11 is 0. The number of hydrogen-bond acceptors (Lipinski definition) is 2. The molecule has 0 radical (unpaired) electrons. The number of pyridine rings is 1. The van der Waals surface area contributed by atoms with E-state index in [0.717, 1.165) is 19.9 Å². The Balaban J connectivity index is 2.45. The standard InChI is InChI=1S/C8H8N3P/c1-7-6-12-11(10-7)8-4-2-3-5-9-8/h2-6H,1H3. The monoisotopic (exact) mass is 177 g/mol. The zero-order chi connectivity index (χ0) is 8.39. The van der Waals surface area contributed by atoms with E-state index in [9.17, 15) is 0 Å². The van der Waals surface area contributed by atoms with Gasteiger partial charge in [-0.15, -0.1) is 0 Å². The summed E-state index contributed by atoms with van der Waals surface area (Å²) in [4.78, 5) is 4.19. The van der Waals surface area contributed by atoms with Crippen molar-refractivity contribution in [2.45, 2.75) is 6.92 Å². The molecule has 2 aromatic heterocycles. The molecule has 0 saturated heterocycles. The van der Waals surface area contributed by atoms with Crippen LogP contribution < -0.4 is 0 Å². The molecular weight excluding hydrogens is 169 g/mol.